The lowest BCUT2D eigenvalue weighted by Gasteiger charge is -2.39. The highest BCUT2D eigenvalue weighted by Crippen LogP contribution is 2.27. The fourth-order valence-corrected chi connectivity index (χ4v) is 4.49. The fourth-order valence-electron chi connectivity index (χ4n) is 4.49. The zero-order valence-corrected chi connectivity index (χ0v) is 21.8. The van der Waals surface area contributed by atoms with Gasteiger partial charge in [-0.2, -0.15) is 0 Å². The van der Waals surface area contributed by atoms with Gasteiger partial charge in [-0.25, -0.2) is 4.79 Å². The van der Waals surface area contributed by atoms with Crippen LogP contribution in [0.3, 0.4) is 0 Å². The molecule has 0 saturated heterocycles. The number of ether oxygens (including phenoxy) is 1. The lowest BCUT2D eigenvalue weighted by Crippen LogP contribution is -2.55. The third kappa shape index (κ3) is 7.73. The van der Waals surface area contributed by atoms with Crippen LogP contribution in [0.2, 0.25) is 0 Å². The molecule has 3 amide bonds. The van der Waals surface area contributed by atoms with E-state index in [-0.39, 0.29) is 18.1 Å². The number of carbonyl (C=O) groups excluding carboxylic acids is 2. The molecule has 0 saturated carbocycles. The molecule has 0 spiro atoms. The largest absolute Gasteiger partial charge is 0.573 e. The van der Waals surface area contributed by atoms with Gasteiger partial charge in [-0.3, -0.25) is 4.79 Å². The number of hydrogen-bond acceptors (Lipinski definition) is 4. The standard InChI is InChI=1S/C29H31F3N4O3/c1-34(2)16-17-35(19-21-8-4-3-5-9-21)27(37)26-18-22-10-6-7-11-23(22)20-36(26)28(38)33-24-12-14-25(15-13-24)39-29(30,31)32/h3-15,26H,16-20H2,1-2H3,(H,33,38)/t26-/m0/s1. The molecule has 0 aromatic heterocycles. The Kier molecular flexibility index (Phi) is 8.75. The number of benzene rings is 3. The molecule has 39 heavy (non-hydrogen) atoms. The van der Waals surface area contributed by atoms with Crippen molar-refractivity contribution in [2.75, 3.05) is 32.5 Å². The minimum atomic E-state index is -4.81. The van der Waals surface area contributed by atoms with Gasteiger partial charge in [0.25, 0.3) is 0 Å². The van der Waals surface area contributed by atoms with E-state index in [4.69, 9.17) is 0 Å². The van der Waals surface area contributed by atoms with Gasteiger partial charge in [0.15, 0.2) is 0 Å². The van der Waals surface area contributed by atoms with Crippen LogP contribution in [-0.2, 0) is 24.3 Å². The second-order valence-electron chi connectivity index (χ2n) is 9.67. The van der Waals surface area contributed by atoms with Crippen LogP contribution in [0.1, 0.15) is 16.7 Å². The number of nitrogens with zero attached hydrogens (tertiary/aromatic N) is 3. The number of halogens is 3. The first-order valence-electron chi connectivity index (χ1n) is 12.6. The van der Waals surface area contributed by atoms with Crippen molar-refractivity contribution in [1.82, 2.24) is 14.7 Å². The molecule has 3 aromatic carbocycles. The number of anilines is 1. The summed E-state index contributed by atoms with van der Waals surface area (Å²) in [7, 11) is 3.87. The molecule has 0 bridgehead atoms. The number of alkyl halides is 3. The Hall–Kier alpha value is -4.05. The first kappa shape index (κ1) is 28.0. The number of carbonyl (C=O) groups is 2. The number of urea groups is 1. The van der Waals surface area contributed by atoms with Gasteiger partial charge >= 0.3 is 12.4 Å². The van der Waals surface area contributed by atoms with E-state index < -0.39 is 24.2 Å². The van der Waals surface area contributed by atoms with Crippen LogP contribution in [0.25, 0.3) is 0 Å². The van der Waals surface area contributed by atoms with Crippen LogP contribution in [0.4, 0.5) is 23.7 Å². The smallest absolute Gasteiger partial charge is 0.406 e. The van der Waals surface area contributed by atoms with Gasteiger partial charge in [0.1, 0.15) is 11.8 Å². The summed E-state index contributed by atoms with van der Waals surface area (Å²) < 4.78 is 41.4. The number of hydrogen-bond donors (Lipinski definition) is 1. The molecule has 0 fully saturated rings. The van der Waals surface area contributed by atoms with Gasteiger partial charge in [0.05, 0.1) is 0 Å². The lowest BCUT2D eigenvalue weighted by molar-refractivity contribution is -0.274. The molecule has 4 rings (SSSR count). The molecule has 1 atom stereocenters. The molecule has 7 nitrogen and oxygen atoms in total. The lowest BCUT2D eigenvalue weighted by atomic mass is 9.93. The van der Waals surface area contributed by atoms with Crippen LogP contribution >= 0.6 is 0 Å². The van der Waals surface area contributed by atoms with Crippen molar-refractivity contribution >= 4 is 17.6 Å². The summed E-state index contributed by atoms with van der Waals surface area (Å²) in [6.07, 6.45) is -4.45. The summed E-state index contributed by atoms with van der Waals surface area (Å²) >= 11 is 0. The summed E-state index contributed by atoms with van der Waals surface area (Å²) in [5, 5.41) is 2.73. The third-order valence-electron chi connectivity index (χ3n) is 6.48. The monoisotopic (exact) mass is 540 g/mol. The molecular formula is C29H31F3N4O3. The molecule has 0 aliphatic carbocycles. The van der Waals surface area contributed by atoms with Gasteiger partial charge in [-0.05, 0) is 55.1 Å². The average Bonchev–Trinajstić information content (AvgIpc) is 2.90. The highest BCUT2D eigenvalue weighted by molar-refractivity contribution is 5.94. The molecular weight excluding hydrogens is 509 g/mol. The van der Waals surface area contributed by atoms with Crippen LogP contribution < -0.4 is 10.1 Å². The Morgan fingerprint density at radius 3 is 2.21 bits per heavy atom. The number of fused-ring (bicyclic) bond motifs is 1. The summed E-state index contributed by atoms with van der Waals surface area (Å²) in [6.45, 7) is 1.76. The van der Waals surface area contributed by atoms with E-state index in [0.717, 1.165) is 28.8 Å². The molecule has 1 aliphatic heterocycles. The van der Waals surface area contributed by atoms with E-state index in [0.29, 0.717) is 26.1 Å². The van der Waals surface area contributed by atoms with Crippen molar-refractivity contribution < 1.29 is 27.5 Å². The Labute approximate surface area is 225 Å². The van der Waals surface area contributed by atoms with E-state index in [2.05, 4.69) is 10.1 Å². The molecule has 206 valence electrons. The summed E-state index contributed by atoms with van der Waals surface area (Å²) in [6, 6.07) is 21.0. The highest BCUT2D eigenvalue weighted by atomic mass is 19.4. The van der Waals surface area contributed by atoms with Crippen molar-refractivity contribution in [3.05, 3.63) is 95.6 Å². The van der Waals surface area contributed by atoms with E-state index >= 15 is 0 Å². The zero-order chi connectivity index (χ0) is 28.0. The number of amides is 3. The van der Waals surface area contributed by atoms with Crippen LogP contribution in [-0.4, -0.2) is 66.2 Å². The van der Waals surface area contributed by atoms with Gasteiger partial charge in [-0.1, -0.05) is 54.6 Å². The second kappa shape index (κ2) is 12.2. The molecule has 1 heterocycles. The Morgan fingerprint density at radius 1 is 0.923 bits per heavy atom. The fraction of sp³-hybridized carbons (Fsp3) is 0.310. The summed E-state index contributed by atoms with van der Waals surface area (Å²) in [5.74, 6) is -0.558. The van der Waals surface area contributed by atoms with Gasteiger partial charge in [0, 0.05) is 38.3 Å². The third-order valence-corrected chi connectivity index (χ3v) is 6.48. The summed E-state index contributed by atoms with van der Waals surface area (Å²) in [5.41, 5.74) is 3.21. The summed E-state index contributed by atoms with van der Waals surface area (Å²) in [4.78, 5) is 32.8. The minimum Gasteiger partial charge on any atom is -0.406 e. The topological polar surface area (TPSA) is 65.1 Å². The Morgan fingerprint density at radius 2 is 1.56 bits per heavy atom. The quantitative estimate of drug-likeness (QED) is 0.430. The number of nitrogens with one attached hydrogen (secondary N) is 1. The van der Waals surface area contributed by atoms with E-state index in [1.807, 2.05) is 73.6 Å². The van der Waals surface area contributed by atoms with Crippen molar-refractivity contribution in [2.45, 2.75) is 31.9 Å². The minimum absolute atomic E-state index is 0.167. The van der Waals surface area contributed by atoms with Gasteiger partial charge in [0.2, 0.25) is 5.91 Å². The second-order valence-corrected chi connectivity index (χ2v) is 9.67. The average molecular weight is 541 g/mol. The van der Waals surface area contributed by atoms with E-state index in [1.165, 1.54) is 17.0 Å². The van der Waals surface area contributed by atoms with E-state index in [1.54, 1.807) is 4.90 Å². The normalized spacial score (nSPS) is 15.0. The Bertz CT molecular complexity index is 1270. The predicted molar refractivity (Wildman–Crippen MR) is 142 cm³/mol. The van der Waals surface area contributed by atoms with Crippen LogP contribution in [0, 0.1) is 0 Å². The molecule has 1 aliphatic rings. The van der Waals surface area contributed by atoms with Crippen molar-refractivity contribution in [2.24, 2.45) is 0 Å². The van der Waals surface area contributed by atoms with Crippen molar-refractivity contribution in [3.8, 4) is 5.75 Å². The first-order valence-corrected chi connectivity index (χ1v) is 12.6. The number of rotatable bonds is 8. The van der Waals surface area contributed by atoms with E-state index in [9.17, 15) is 22.8 Å². The maximum atomic E-state index is 14.0. The zero-order valence-electron chi connectivity index (χ0n) is 21.8. The molecule has 1 N–H and O–H groups in total. The van der Waals surface area contributed by atoms with Gasteiger partial charge < -0.3 is 24.8 Å². The van der Waals surface area contributed by atoms with Crippen molar-refractivity contribution in [1.29, 1.82) is 0 Å². The van der Waals surface area contributed by atoms with Crippen molar-refractivity contribution in [3.63, 3.8) is 0 Å². The molecule has 0 unspecified atom stereocenters. The molecule has 0 radical (unpaired) electrons. The SMILES string of the molecule is CN(C)CCN(Cc1ccccc1)C(=O)[C@@H]1Cc2ccccc2CN1C(=O)Nc1ccc(OC(F)(F)F)cc1. The van der Waals surface area contributed by atoms with Crippen LogP contribution in [0.15, 0.2) is 78.9 Å². The number of likely N-dealkylation sites (N-methyl/N-ethyl adjacent to an activating group) is 1. The predicted octanol–water partition coefficient (Wildman–Crippen LogP) is 5.13. The maximum Gasteiger partial charge on any atom is 0.573 e. The highest BCUT2D eigenvalue weighted by Gasteiger charge is 2.37. The van der Waals surface area contributed by atoms with Gasteiger partial charge in [-0.15, -0.1) is 13.2 Å². The first-order chi connectivity index (χ1) is 18.6. The molecule has 10 heteroatoms. The maximum absolute atomic E-state index is 14.0. The Balaban J connectivity index is 1.57. The molecule has 3 aromatic rings. The van der Waals surface area contributed by atoms with Crippen LogP contribution in [0.5, 0.6) is 5.75 Å².